The fourth-order valence-corrected chi connectivity index (χ4v) is 2.69. The van der Waals surface area contributed by atoms with Gasteiger partial charge in [-0.05, 0) is 48.1 Å². The van der Waals surface area contributed by atoms with E-state index in [4.69, 9.17) is 17.0 Å². The molecule has 6 nitrogen and oxygen atoms in total. The molecule has 0 saturated heterocycles. The average molecular weight is 405 g/mol. The minimum atomic E-state index is 0.0735. The van der Waals surface area contributed by atoms with Crippen LogP contribution >= 0.6 is 28.1 Å². The van der Waals surface area contributed by atoms with Gasteiger partial charge in [-0.15, -0.1) is 0 Å². The molecule has 0 bridgehead atoms. The van der Waals surface area contributed by atoms with E-state index in [-0.39, 0.29) is 5.75 Å². The molecule has 3 rings (SSSR count). The molecule has 0 aliphatic heterocycles. The number of aromatic amines is 1. The Morgan fingerprint density at radius 2 is 2.17 bits per heavy atom. The second-order valence-electron chi connectivity index (χ2n) is 4.85. The standard InChI is InChI=1S/C16H13BrN4O2S/c1-23-14-7-10(5-6-13(14)22)9-18-21-15(19-20-16(21)24)11-3-2-4-12(17)8-11/h2-9,22H,1H3,(H,20,24)/b18-9+. The number of methoxy groups -OCH3 is 1. The SMILES string of the molecule is COc1cc(/C=N/n2c(-c3cccc(Br)c3)n[nH]c2=S)ccc1O. The van der Waals surface area contributed by atoms with Crippen LogP contribution < -0.4 is 4.74 Å². The molecule has 0 atom stereocenters. The van der Waals surface area contributed by atoms with Gasteiger partial charge in [0.05, 0.1) is 13.3 Å². The Morgan fingerprint density at radius 3 is 2.92 bits per heavy atom. The van der Waals surface area contributed by atoms with Gasteiger partial charge >= 0.3 is 0 Å². The van der Waals surface area contributed by atoms with Crippen molar-refractivity contribution in [1.82, 2.24) is 14.9 Å². The Labute approximate surface area is 151 Å². The van der Waals surface area contributed by atoms with Gasteiger partial charge in [0.1, 0.15) is 0 Å². The second kappa shape index (κ2) is 6.98. The van der Waals surface area contributed by atoms with Crippen LogP contribution in [-0.2, 0) is 0 Å². The number of phenols is 1. The predicted octanol–water partition coefficient (Wildman–Crippen LogP) is 3.97. The molecule has 0 aliphatic carbocycles. The third-order valence-corrected chi connectivity index (χ3v) is 4.02. The Hall–Kier alpha value is -2.45. The fourth-order valence-electron chi connectivity index (χ4n) is 2.11. The lowest BCUT2D eigenvalue weighted by Gasteiger charge is -2.04. The molecule has 2 N–H and O–H groups in total. The lowest BCUT2D eigenvalue weighted by molar-refractivity contribution is 0.373. The van der Waals surface area contributed by atoms with Crippen LogP contribution in [0.5, 0.6) is 11.5 Å². The number of aromatic hydroxyl groups is 1. The number of ether oxygens (including phenoxy) is 1. The Morgan fingerprint density at radius 1 is 1.33 bits per heavy atom. The van der Waals surface area contributed by atoms with Crippen LogP contribution in [0.3, 0.4) is 0 Å². The summed E-state index contributed by atoms with van der Waals surface area (Å²) in [7, 11) is 1.49. The summed E-state index contributed by atoms with van der Waals surface area (Å²) in [5, 5.41) is 21.0. The molecule has 0 radical (unpaired) electrons. The van der Waals surface area contributed by atoms with E-state index in [1.807, 2.05) is 24.3 Å². The maximum atomic E-state index is 9.64. The zero-order valence-corrected chi connectivity index (χ0v) is 15.0. The maximum Gasteiger partial charge on any atom is 0.216 e. The summed E-state index contributed by atoms with van der Waals surface area (Å²) in [5.41, 5.74) is 1.63. The van der Waals surface area contributed by atoms with E-state index in [0.717, 1.165) is 15.6 Å². The van der Waals surface area contributed by atoms with Crippen LogP contribution in [0.2, 0.25) is 0 Å². The molecule has 8 heteroatoms. The predicted molar refractivity (Wildman–Crippen MR) is 98.2 cm³/mol. The Balaban J connectivity index is 1.99. The number of halogens is 1. The molecule has 0 amide bonds. The van der Waals surface area contributed by atoms with Gasteiger partial charge < -0.3 is 9.84 Å². The molecule has 0 unspecified atom stereocenters. The minimum Gasteiger partial charge on any atom is -0.504 e. The van der Waals surface area contributed by atoms with Crippen molar-refractivity contribution in [2.75, 3.05) is 7.11 Å². The number of hydrogen-bond donors (Lipinski definition) is 2. The lowest BCUT2D eigenvalue weighted by Crippen LogP contribution is -1.95. The van der Waals surface area contributed by atoms with E-state index in [0.29, 0.717) is 16.3 Å². The molecule has 0 spiro atoms. The maximum absolute atomic E-state index is 9.64. The number of nitrogens with one attached hydrogen (secondary N) is 1. The molecular weight excluding hydrogens is 392 g/mol. The van der Waals surface area contributed by atoms with E-state index < -0.39 is 0 Å². The van der Waals surface area contributed by atoms with Gasteiger partial charge in [-0.3, -0.25) is 0 Å². The van der Waals surface area contributed by atoms with Crippen molar-refractivity contribution in [3.05, 3.63) is 57.3 Å². The van der Waals surface area contributed by atoms with Gasteiger partial charge in [0.15, 0.2) is 17.3 Å². The minimum absolute atomic E-state index is 0.0735. The van der Waals surface area contributed by atoms with E-state index in [1.165, 1.54) is 11.8 Å². The van der Waals surface area contributed by atoms with Crippen molar-refractivity contribution in [3.8, 4) is 22.9 Å². The highest BCUT2D eigenvalue weighted by Gasteiger charge is 2.08. The number of H-pyrrole nitrogens is 1. The van der Waals surface area contributed by atoms with Crippen LogP contribution in [0.4, 0.5) is 0 Å². The molecule has 2 aromatic carbocycles. The number of benzene rings is 2. The summed E-state index contributed by atoms with van der Waals surface area (Å²) in [6.07, 6.45) is 1.62. The Kier molecular flexibility index (Phi) is 4.77. The van der Waals surface area contributed by atoms with E-state index in [1.54, 1.807) is 24.4 Å². The summed E-state index contributed by atoms with van der Waals surface area (Å²) < 4.78 is 7.95. The molecular formula is C16H13BrN4O2S. The van der Waals surface area contributed by atoms with Crippen molar-refractivity contribution in [1.29, 1.82) is 0 Å². The average Bonchev–Trinajstić information content (AvgIpc) is 2.95. The highest BCUT2D eigenvalue weighted by Crippen LogP contribution is 2.26. The number of hydrogen-bond acceptors (Lipinski definition) is 5. The van der Waals surface area contributed by atoms with Crippen molar-refractivity contribution in [2.45, 2.75) is 0 Å². The monoisotopic (exact) mass is 404 g/mol. The molecule has 3 aromatic rings. The summed E-state index contributed by atoms with van der Waals surface area (Å²) in [6.45, 7) is 0. The van der Waals surface area contributed by atoms with Crippen molar-refractivity contribution in [2.24, 2.45) is 5.10 Å². The highest BCUT2D eigenvalue weighted by molar-refractivity contribution is 9.10. The topological polar surface area (TPSA) is 75.4 Å². The Bertz CT molecular complexity index is 965. The third-order valence-electron chi connectivity index (χ3n) is 3.26. The molecule has 24 heavy (non-hydrogen) atoms. The van der Waals surface area contributed by atoms with Gasteiger partial charge in [0.2, 0.25) is 4.77 Å². The van der Waals surface area contributed by atoms with Crippen LogP contribution in [0, 0.1) is 4.77 Å². The first-order valence-corrected chi connectivity index (χ1v) is 8.13. The molecule has 0 aliphatic rings. The normalized spacial score (nSPS) is 11.1. The second-order valence-corrected chi connectivity index (χ2v) is 6.15. The number of aromatic nitrogens is 3. The first-order chi connectivity index (χ1) is 11.6. The van der Waals surface area contributed by atoms with Gasteiger partial charge in [-0.2, -0.15) is 14.9 Å². The highest BCUT2D eigenvalue weighted by atomic mass is 79.9. The van der Waals surface area contributed by atoms with Crippen LogP contribution in [0.15, 0.2) is 52.0 Å². The van der Waals surface area contributed by atoms with Crippen molar-refractivity contribution < 1.29 is 9.84 Å². The zero-order chi connectivity index (χ0) is 17.1. The van der Waals surface area contributed by atoms with Crippen LogP contribution in [0.25, 0.3) is 11.4 Å². The molecule has 0 saturated carbocycles. The molecule has 122 valence electrons. The van der Waals surface area contributed by atoms with Crippen LogP contribution in [-0.4, -0.2) is 33.3 Å². The van der Waals surface area contributed by atoms with Crippen molar-refractivity contribution >= 4 is 34.4 Å². The largest absolute Gasteiger partial charge is 0.504 e. The number of nitrogens with zero attached hydrogens (tertiary/aromatic N) is 3. The first-order valence-electron chi connectivity index (χ1n) is 6.93. The van der Waals surface area contributed by atoms with Gasteiger partial charge in [0, 0.05) is 10.0 Å². The smallest absolute Gasteiger partial charge is 0.216 e. The van der Waals surface area contributed by atoms with Gasteiger partial charge in [-0.1, -0.05) is 28.1 Å². The summed E-state index contributed by atoms with van der Waals surface area (Å²) in [6, 6.07) is 12.7. The molecule has 1 heterocycles. The van der Waals surface area contributed by atoms with Gasteiger partial charge in [0.25, 0.3) is 0 Å². The summed E-state index contributed by atoms with van der Waals surface area (Å²) in [4.78, 5) is 0. The molecule has 0 fully saturated rings. The quantitative estimate of drug-likeness (QED) is 0.509. The van der Waals surface area contributed by atoms with Crippen molar-refractivity contribution in [3.63, 3.8) is 0 Å². The third kappa shape index (κ3) is 3.39. The number of rotatable bonds is 4. The summed E-state index contributed by atoms with van der Waals surface area (Å²) >= 11 is 8.69. The van der Waals surface area contributed by atoms with E-state index in [2.05, 4.69) is 31.2 Å². The van der Waals surface area contributed by atoms with E-state index in [9.17, 15) is 5.11 Å². The van der Waals surface area contributed by atoms with Gasteiger partial charge in [-0.25, -0.2) is 5.10 Å². The van der Waals surface area contributed by atoms with E-state index >= 15 is 0 Å². The fraction of sp³-hybridized carbons (Fsp3) is 0.0625. The number of phenolic OH excluding ortho intramolecular Hbond substituents is 1. The zero-order valence-electron chi connectivity index (χ0n) is 12.6. The lowest BCUT2D eigenvalue weighted by atomic mass is 10.2. The first kappa shape index (κ1) is 16.4. The molecule has 1 aromatic heterocycles. The van der Waals surface area contributed by atoms with Crippen LogP contribution in [0.1, 0.15) is 5.56 Å². The summed E-state index contributed by atoms with van der Waals surface area (Å²) in [5.74, 6) is 1.05.